The Morgan fingerprint density at radius 2 is 1.28 bits per heavy atom. The van der Waals surface area contributed by atoms with Crippen molar-refractivity contribution in [2.45, 2.75) is 18.0 Å². The molecule has 0 aliphatic rings. The first-order valence-corrected chi connectivity index (χ1v) is 4.48. The van der Waals surface area contributed by atoms with Crippen molar-refractivity contribution in [2.75, 3.05) is 0 Å². The van der Waals surface area contributed by atoms with Crippen LogP contribution in [0.25, 0.3) is 0 Å². The van der Waals surface area contributed by atoms with Crippen LogP contribution in [0.2, 0.25) is 0 Å². The second kappa shape index (κ2) is 4.52. The Labute approximate surface area is 97.4 Å². The monoisotopic (exact) mass is 270 g/mol. The maximum atomic E-state index is 12.7. The molecule has 0 heterocycles. The van der Waals surface area contributed by atoms with Crippen LogP contribution in [0.1, 0.15) is 5.56 Å². The van der Waals surface area contributed by atoms with Crippen molar-refractivity contribution in [3.63, 3.8) is 0 Å². The summed E-state index contributed by atoms with van der Waals surface area (Å²) in [6.07, 6.45) is -6.36. The van der Waals surface area contributed by atoms with Gasteiger partial charge in [-0.1, -0.05) is 24.1 Å². The zero-order valence-electron chi connectivity index (χ0n) is 8.53. The quantitative estimate of drug-likeness (QED) is 0.536. The van der Waals surface area contributed by atoms with Gasteiger partial charge in [0.2, 0.25) is 0 Å². The highest BCUT2D eigenvalue weighted by Gasteiger charge is 2.72. The van der Waals surface area contributed by atoms with Crippen LogP contribution in [-0.2, 0) is 0 Å². The van der Waals surface area contributed by atoms with Crippen LogP contribution in [0.3, 0.4) is 0 Å². The SMILES string of the molecule is FC(F)(F)C(F)(F)C(F)(F)C#Cc1ccccc1. The minimum absolute atomic E-state index is 0.0878. The average molecular weight is 270 g/mol. The van der Waals surface area contributed by atoms with Gasteiger partial charge in [-0.25, -0.2) is 0 Å². The van der Waals surface area contributed by atoms with Gasteiger partial charge in [0.15, 0.2) is 0 Å². The minimum atomic E-state index is -6.36. The maximum absolute atomic E-state index is 12.7. The van der Waals surface area contributed by atoms with Gasteiger partial charge < -0.3 is 0 Å². The third kappa shape index (κ3) is 2.75. The van der Waals surface area contributed by atoms with Gasteiger partial charge in [-0.05, 0) is 18.1 Å². The van der Waals surface area contributed by atoms with E-state index in [-0.39, 0.29) is 5.56 Å². The molecular formula is C11H5F7. The van der Waals surface area contributed by atoms with Crippen molar-refractivity contribution in [1.29, 1.82) is 0 Å². The zero-order valence-corrected chi connectivity index (χ0v) is 8.53. The smallest absolute Gasteiger partial charge is 0.188 e. The molecule has 1 rings (SSSR count). The molecule has 0 aromatic heterocycles. The molecule has 0 unspecified atom stereocenters. The number of hydrogen-bond donors (Lipinski definition) is 0. The van der Waals surface area contributed by atoms with E-state index < -0.39 is 18.0 Å². The molecule has 7 heteroatoms. The van der Waals surface area contributed by atoms with Crippen molar-refractivity contribution >= 4 is 0 Å². The molecule has 0 fully saturated rings. The van der Waals surface area contributed by atoms with Crippen LogP contribution in [0.5, 0.6) is 0 Å². The minimum Gasteiger partial charge on any atom is -0.188 e. The Balaban J connectivity index is 3.07. The number of halogens is 7. The van der Waals surface area contributed by atoms with E-state index in [0.717, 1.165) is 0 Å². The molecule has 18 heavy (non-hydrogen) atoms. The van der Waals surface area contributed by atoms with Crippen molar-refractivity contribution in [1.82, 2.24) is 0 Å². The van der Waals surface area contributed by atoms with Gasteiger partial charge in [0, 0.05) is 5.56 Å². The first-order chi connectivity index (χ1) is 8.08. The largest absolute Gasteiger partial charge is 0.461 e. The Kier molecular flexibility index (Phi) is 3.60. The Hall–Kier alpha value is -1.71. The molecular weight excluding hydrogens is 265 g/mol. The fourth-order valence-corrected chi connectivity index (χ4v) is 0.929. The summed E-state index contributed by atoms with van der Waals surface area (Å²) in [5.74, 6) is -9.43. The fraction of sp³-hybridized carbons (Fsp3) is 0.273. The highest BCUT2D eigenvalue weighted by molar-refractivity contribution is 5.36. The number of benzene rings is 1. The normalized spacial score (nSPS) is 12.8. The predicted octanol–water partition coefficient (Wildman–Crippen LogP) is 3.87. The Bertz CT molecular complexity index is 462. The first kappa shape index (κ1) is 14.4. The fourth-order valence-electron chi connectivity index (χ4n) is 0.929. The zero-order chi connectivity index (χ0) is 14.0. The Morgan fingerprint density at radius 1 is 0.778 bits per heavy atom. The number of rotatable bonds is 1. The lowest BCUT2D eigenvalue weighted by atomic mass is 10.1. The van der Waals surface area contributed by atoms with Crippen LogP contribution in [0.4, 0.5) is 30.7 Å². The standard InChI is InChI=1S/C11H5F7/c12-9(13,10(14,15)11(16,17)18)7-6-8-4-2-1-3-5-8/h1-5H. The molecule has 0 aliphatic heterocycles. The molecule has 0 atom stereocenters. The third-order valence-corrected chi connectivity index (χ3v) is 1.89. The third-order valence-electron chi connectivity index (χ3n) is 1.89. The van der Waals surface area contributed by atoms with Gasteiger partial charge >= 0.3 is 18.0 Å². The molecule has 0 bridgehead atoms. The second-order valence-electron chi connectivity index (χ2n) is 3.26. The van der Waals surface area contributed by atoms with E-state index in [1.807, 2.05) is 0 Å². The van der Waals surface area contributed by atoms with Crippen molar-refractivity contribution < 1.29 is 30.7 Å². The summed E-state index contributed by atoms with van der Waals surface area (Å²) in [4.78, 5) is 0. The summed E-state index contributed by atoms with van der Waals surface area (Å²) in [7, 11) is 0. The molecule has 0 aliphatic carbocycles. The topological polar surface area (TPSA) is 0 Å². The van der Waals surface area contributed by atoms with Gasteiger partial charge in [0.1, 0.15) is 0 Å². The van der Waals surface area contributed by atoms with E-state index in [9.17, 15) is 30.7 Å². The van der Waals surface area contributed by atoms with Crippen LogP contribution >= 0.6 is 0 Å². The van der Waals surface area contributed by atoms with Gasteiger partial charge in [0.25, 0.3) is 0 Å². The summed E-state index contributed by atoms with van der Waals surface area (Å²) >= 11 is 0. The lowest BCUT2D eigenvalue weighted by Crippen LogP contribution is -2.51. The molecule has 0 saturated heterocycles. The highest BCUT2D eigenvalue weighted by atomic mass is 19.4. The Morgan fingerprint density at radius 3 is 1.72 bits per heavy atom. The summed E-state index contributed by atoms with van der Waals surface area (Å²) in [5.41, 5.74) is -0.0878. The van der Waals surface area contributed by atoms with Crippen LogP contribution in [0, 0.1) is 11.8 Å². The summed E-state index contributed by atoms with van der Waals surface area (Å²) in [6, 6.07) is 6.67. The van der Waals surface area contributed by atoms with Gasteiger partial charge in [0.05, 0.1) is 0 Å². The summed E-state index contributed by atoms with van der Waals surface area (Å²) in [5, 5.41) is 0. The lowest BCUT2D eigenvalue weighted by Gasteiger charge is -2.24. The molecule has 0 saturated carbocycles. The van der Waals surface area contributed by atoms with Gasteiger partial charge in [-0.3, -0.25) is 0 Å². The van der Waals surface area contributed by atoms with Gasteiger partial charge in [-0.15, -0.1) is 0 Å². The first-order valence-electron chi connectivity index (χ1n) is 4.48. The molecule has 1 aromatic carbocycles. The van der Waals surface area contributed by atoms with E-state index in [0.29, 0.717) is 5.92 Å². The lowest BCUT2D eigenvalue weighted by molar-refractivity contribution is -0.339. The number of hydrogen-bond acceptors (Lipinski definition) is 0. The van der Waals surface area contributed by atoms with Crippen LogP contribution in [0.15, 0.2) is 30.3 Å². The number of alkyl halides is 7. The summed E-state index contributed by atoms with van der Waals surface area (Å²) < 4.78 is 85.6. The van der Waals surface area contributed by atoms with Crippen LogP contribution < -0.4 is 0 Å². The molecule has 0 spiro atoms. The molecule has 1 aromatic rings. The molecule has 0 radical (unpaired) electrons. The van der Waals surface area contributed by atoms with E-state index in [1.54, 1.807) is 5.92 Å². The molecule has 98 valence electrons. The average Bonchev–Trinajstić information content (AvgIpc) is 2.26. The van der Waals surface area contributed by atoms with E-state index in [1.165, 1.54) is 30.3 Å². The van der Waals surface area contributed by atoms with Gasteiger partial charge in [-0.2, -0.15) is 30.7 Å². The van der Waals surface area contributed by atoms with E-state index in [2.05, 4.69) is 0 Å². The maximum Gasteiger partial charge on any atom is 0.461 e. The molecule has 0 N–H and O–H groups in total. The van der Waals surface area contributed by atoms with Crippen molar-refractivity contribution in [3.05, 3.63) is 35.9 Å². The second-order valence-corrected chi connectivity index (χ2v) is 3.26. The van der Waals surface area contributed by atoms with E-state index in [4.69, 9.17) is 0 Å². The molecule has 0 amide bonds. The summed E-state index contributed by atoms with van der Waals surface area (Å²) in [6.45, 7) is 0. The highest BCUT2D eigenvalue weighted by Crippen LogP contribution is 2.46. The van der Waals surface area contributed by atoms with Crippen molar-refractivity contribution in [2.24, 2.45) is 0 Å². The van der Waals surface area contributed by atoms with Crippen molar-refractivity contribution in [3.8, 4) is 11.8 Å². The predicted molar refractivity (Wildman–Crippen MR) is 49.3 cm³/mol. The van der Waals surface area contributed by atoms with E-state index >= 15 is 0 Å². The molecule has 0 nitrogen and oxygen atoms in total. The van der Waals surface area contributed by atoms with Crippen LogP contribution in [-0.4, -0.2) is 18.0 Å².